The second-order valence-corrected chi connectivity index (χ2v) is 12.1. The first-order valence-electron chi connectivity index (χ1n) is 9.65. The molecule has 0 spiro atoms. The van der Waals surface area contributed by atoms with Gasteiger partial charge in [0.2, 0.25) is 0 Å². The third-order valence-electron chi connectivity index (χ3n) is 6.06. The van der Waals surface area contributed by atoms with Gasteiger partial charge in [-0.05, 0) is 43.2 Å². The van der Waals surface area contributed by atoms with Gasteiger partial charge in [-0.1, -0.05) is 49.6 Å². The molecule has 0 unspecified atom stereocenters. The average Bonchev–Trinajstić information content (AvgIpc) is 3.57. The molecule has 0 bridgehead atoms. The molecule has 2 saturated carbocycles. The summed E-state index contributed by atoms with van der Waals surface area (Å²) in [7, 11) is -10.1. The van der Waals surface area contributed by atoms with Crippen molar-refractivity contribution in [1.82, 2.24) is 9.78 Å². The summed E-state index contributed by atoms with van der Waals surface area (Å²) in [5, 5.41) is 24.9. The second kappa shape index (κ2) is 6.46. The van der Waals surface area contributed by atoms with Crippen molar-refractivity contribution in [1.29, 1.82) is 5.26 Å². The molecule has 6 nitrogen and oxygen atoms in total. The minimum atomic E-state index is -10.1. The van der Waals surface area contributed by atoms with E-state index in [2.05, 4.69) is 10.4 Å². The van der Waals surface area contributed by atoms with Crippen LogP contribution in [0.3, 0.4) is 0 Å². The normalized spacial score (nSPS) is 20.3. The zero-order valence-electron chi connectivity index (χ0n) is 16.9. The number of nitriles is 1. The number of nitrogens with zero attached hydrogens (tertiary/aromatic N) is 3. The van der Waals surface area contributed by atoms with Crippen molar-refractivity contribution in [2.24, 2.45) is 5.41 Å². The first-order valence-corrected chi connectivity index (χ1v) is 12.4. The smallest absolute Gasteiger partial charge is 0.314 e. The average molecular weight is 531 g/mol. The van der Waals surface area contributed by atoms with Crippen LogP contribution in [-0.2, 0) is 10.2 Å². The Hall–Kier alpha value is -2.23. The lowest BCUT2D eigenvalue weighted by molar-refractivity contribution is -0.140. The summed E-state index contributed by atoms with van der Waals surface area (Å²) in [6, 6.07) is 1.91. The fourth-order valence-electron chi connectivity index (χ4n) is 3.63. The topological polar surface area (TPSA) is 90.9 Å². The lowest BCUT2D eigenvalue weighted by Gasteiger charge is -2.40. The van der Waals surface area contributed by atoms with Gasteiger partial charge in [0.15, 0.2) is 5.69 Å². The molecule has 2 fully saturated rings. The van der Waals surface area contributed by atoms with E-state index in [0.29, 0.717) is 6.54 Å². The van der Waals surface area contributed by atoms with E-state index in [-0.39, 0.29) is 53.2 Å². The maximum atomic E-state index is 13.3. The van der Waals surface area contributed by atoms with E-state index in [1.165, 1.54) is 0 Å². The van der Waals surface area contributed by atoms with Crippen LogP contribution in [0.2, 0.25) is 10.0 Å². The minimum Gasteiger partial charge on any atom is -0.481 e. The first-order chi connectivity index (χ1) is 14.9. The zero-order chi connectivity index (χ0) is 24.7. The number of carboxylic acid groups (broad SMARTS) is 1. The van der Waals surface area contributed by atoms with Gasteiger partial charge < -0.3 is 10.4 Å². The number of halogens is 7. The van der Waals surface area contributed by atoms with Crippen LogP contribution in [0.1, 0.15) is 43.9 Å². The number of carbonyl (C=O) groups is 1. The second-order valence-electron chi connectivity index (χ2n) is 8.85. The maximum Gasteiger partial charge on any atom is 0.314 e. The van der Waals surface area contributed by atoms with Gasteiger partial charge >= 0.3 is 16.2 Å². The lowest BCUT2D eigenvalue weighted by atomic mass is 9.95. The van der Waals surface area contributed by atoms with E-state index in [1.807, 2.05) is 13.0 Å². The summed E-state index contributed by atoms with van der Waals surface area (Å²) >= 11 is 12.0. The van der Waals surface area contributed by atoms with Gasteiger partial charge in [-0.15, -0.1) is 0 Å². The first kappa shape index (κ1) is 23.9. The molecule has 1 aromatic carbocycles. The molecule has 0 atom stereocenters. The summed E-state index contributed by atoms with van der Waals surface area (Å²) < 4.78 is 67.4. The van der Waals surface area contributed by atoms with Crippen LogP contribution in [0.5, 0.6) is 0 Å². The number of nitrogens with one attached hydrogen (secondary N) is 1. The zero-order valence-corrected chi connectivity index (χ0v) is 19.3. The van der Waals surface area contributed by atoms with Crippen LogP contribution < -0.4 is 5.32 Å². The highest BCUT2D eigenvalue weighted by Crippen LogP contribution is 3.02. The van der Waals surface area contributed by atoms with Gasteiger partial charge in [-0.3, -0.25) is 4.79 Å². The molecule has 0 saturated heterocycles. The Labute approximate surface area is 195 Å². The Morgan fingerprint density at radius 2 is 1.76 bits per heavy atom. The number of hydrogen-bond acceptors (Lipinski definition) is 4. The number of anilines is 1. The van der Waals surface area contributed by atoms with Crippen LogP contribution in [0.25, 0.3) is 5.69 Å². The van der Waals surface area contributed by atoms with E-state index < -0.39 is 36.5 Å². The molecule has 180 valence electrons. The number of carboxylic acids is 1. The molecule has 2 aliphatic rings. The Morgan fingerprint density at radius 1 is 1.21 bits per heavy atom. The summed E-state index contributed by atoms with van der Waals surface area (Å²) in [4.78, 5) is 9.72. The molecule has 2 aliphatic carbocycles. The summed E-state index contributed by atoms with van der Waals surface area (Å²) in [6.07, 6.45) is 2.22. The Bertz CT molecular complexity index is 1230. The van der Waals surface area contributed by atoms with Crippen molar-refractivity contribution in [3.05, 3.63) is 33.4 Å². The lowest BCUT2D eigenvalue weighted by Crippen LogP contribution is -2.23. The SMILES string of the molecule is CC1(CNc2c(C3(C(=O)O)CC3)c(C#N)nn2-c2c(Cl)cc(S(F)(F)(F)(F)F)cc2Cl)CC1. The maximum absolute atomic E-state index is 13.3. The number of hydrogen-bond donors (Lipinski definition) is 2. The summed E-state index contributed by atoms with van der Waals surface area (Å²) in [6.45, 7) is 2.32. The Balaban J connectivity index is 1.94. The van der Waals surface area contributed by atoms with Crippen molar-refractivity contribution < 1.29 is 29.3 Å². The van der Waals surface area contributed by atoms with Gasteiger partial charge in [0.05, 0.1) is 21.0 Å². The molecule has 2 aromatic rings. The molecule has 0 amide bonds. The van der Waals surface area contributed by atoms with Gasteiger partial charge in [0.25, 0.3) is 0 Å². The largest absolute Gasteiger partial charge is 0.481 e. The number of aromatic nitrogens is 2. The van der Waals surface area contributed by atoms with Crippen LogP contribution >= 0.6 is 33.4 Å². The van der Waals surface area contributed by atoms with Crippen molar-refractivity contribution >= 4 is 45.2 Å². The molecular formula is C19H17Cl2F5N4O2S. The van der Waals surface area contributed by atoms with Gasteiger partial charge in [-0.25, -0.2) is 4.68 Å². The van der Waals surface area contributed by atoms with Gasteiger partial charge in [-0.2, -0.15) is 10.4 Å². The third-order valence-corrected chi connectivity index (χ3v) is 7.77. The Morgan fingerprint density at radius 3 is 2.15 bits per heavy atom. The summed E-state index contributed by atoms with van der Waals surface area (Å²) in [5.74, 6) is -1.16. The number of rotatable bonds is 7. The van der Waals surface area contributed by atoms with Gasteiger partial charge in [0.1, 0.15) is 22.5 Å². The minimum absolute atomic E-state index is 0.0310. The van der Waals surface area contributed by atoms with Crippen LogP contribution in [-0.4, -0.2) is 27.4 Å². The van der Waals surface area contributed by atoms with Crippen LogP contribution in [0.15, 0.2) is 17.0 Å². The van der Waals surface area contributed by atoms with Gasteiger partial charge in [0, 0.05) is 6.54 Å². The number of aliphatic carboxylic acids is 1. The van der Waals surface area contributed by atoms with E-state index in [4.69, 9.17) is 23.2 Å². The molecule has 1 aromatic heterocycles. The van der Waals surface area contributed by atoms with Crippen LogP contribution in [0, 0.1) is 16.7 Å². The Kier molecular flexibility index (Phi) is 4.68. The molecule has 4 rings (SSSR count). The monoisotopic (exact) mass is 530 g/mol. The van der Waals surface area contributed by atoms with Crippen molar-refractivity contribution in [3.63, 3.8) is 0 Å². The van der Waals surface area contributed by atoms with E-state index in [9.17, 15) is 34.6 Å². The van der Waals surface area contributed by atoms with Crippen molar-refractivity contribution in [3.8, 4) is 11.8 Å². The fraction of sp³-hybridized carbons (Fsp3) is 0.421. The van der Waals surface area contributed by atoms with Crippen LogP contribution in [0.4, 0.5) is 25.2 Å². The van der Waals surface area contributed by atoms with E-state index in [1.54, 1.807) is 0 Å². The van der Waals surface area contributed by atoms with E-state index in [0.717, 1.165) is 17.5 Å². The van der Waals surface area contributed by atoms with E-state index >= 15 is 0 Å². The highest BCUT2D eigenvalue weighted by atomic mass is 35.5. The molecular weight excluding hydrogens is 514 g/mol. The van der Waals surface area contributed by atoms with Crippen molar-refractivity contribution in [2.75, 3.05) is 11.9 Å². The highest BCUT2D eigenvalue weighted by molar-refractivity contribution is 8.45. The quantitative estimate of drug-likeness (QED) is 0.374. The van der Waals surface area contributed by atoms with Crippen molar-refractivity contribution in [2.45, 2.75) is 42.9 Å². The fourth-order valence-corrected chi connectivity index (χ4v) is 5.08. The molecule has 2 N–H and O–H groups in total. The third kappa shape index (κ3) is 4.22. The predicted octanol–water partition coefficient (Wildman–Crippen LogP) is 7.04. The predicted molar refractivity (Wildman–Crippen MR) is 114 cm³/mol. The molecule has 14 heteroatoms. The molecule has 0 radical (unpaired) electrons. The standard InChI is InChI=1S/C19H17Cl2F5N4O2S/c1-18(2-3-18)9-28-16-14(19(4-5-19)17(31)32)13(8-27)29-30(16)15-11(20)6-10(7-12(15)21)33(22,23,24,25)26/h6-7,28H,2-5,9H2,1H3,(H,31,32). The number of benzene rings is 1. The molecule has 0 aliphatic heterocycles. The molecule has 1 heterocycles. The molecule has 33 heavy (non-hydrogen) atoms. The highest BCUT2D eigenvalue weighted by Gasteiger charge is 2.66. The summed E-state index contributed by atoms with van der Waals surface area (Å²) in [5.41, 5.74) is -2.10.